The van der Waals surface area contributed by atoms with Crippen LogP contribution < -0.4 is 0 Å². The fourth-order valence-corrected chi connectivity index (χ4v) is 0.307. The van der Waals surface area contributed by atoms with Crippen LogP contribution in [0.25, 0.3) is 0 Å². The van der Waals surface area contributed by atoms with Gasteiger partial charge in [0, 0.05) is 0 Å². The van der Waals surface area contributed by atoms with Crippen molar-refractivity contribution in [3.05, 3.63) is 0 Å². The molecule has 0 bridgehead atoms. The molecule has 0 radical (unpaired) electrons. The Morgan fingerprint density at radius 2 is 1.31 bits per heavy atom. The molecule has 0 heterocycles. The maximum Gasteiger partial charge on any atom is 0.421 e. The Morgan fingerprint density at radius 3 is 1.54 bits per heavy atom. The zero-order valence-electron chi connectivity index (χ0n) is 6.21. The number of halogens is 7. The zero-order chi connectivity index (χ0) is 10.9. The van der Waals surface area contributed by atoms with Crippen molar-refractivity contribution in [1.29, 1.82) is 0 Å². The van der Waals surface area contributed by atoms with Crippen molar-refractivity contribution in [3.8, 4) is 0 Å². The van der Waals surface area contributed by atoms with Crippen LogP contribution in [-0.2, 0) is 4.74 Å². The average Bonchev–Trinajstić information content (AvgIpc) is 1.83. The Bertz CT molecular complexity index is 148. The van der Waals surface area contributed by atoms with Gasteiger partial charge in [-0.05, 0) is 6.92 Å². The van der Waals surface area contributed by atoms with E-state index >= 15 is 0 Å². The maximum absolute atomic E-state index is 12.0. The van der Waals surface area contributed by atoms with E-state index in [1.54, 1.807) is 0 Å². The Hall–Kier alpha value is -0.530. The predicted molar refractivity (Wildman–Crippen MR) is 27.6 cm³/mol. The molecule has 1 unspecified atom stereocenters. The van der Waals surface area contributed by atoms with Gasteiger partial charge in [0.15, 0.2) is 6.17 Å². The van der Waals surface area contributed by atoms with Crippen LogP contribution in [0.3, 0.4) is 0 Å². The molecule has 0 aromatic heterocycles. The molecule has 0 fully saturated rings. The van der Waals surface area contributed by atoms with Gasteiger partial charge in [-0.15, -0.1) is 0 Å². The van der Waals surface area contributed by atoms with E-state index < -0.39 is 24.8 Å². The third-order valence-electron chi connectivity index (χ3n) is 0.989. The summed E-state index contributed by atoms with van der Waals surface area (Å²) in [4.78, 5) is 0. The summed E-state index contributed by atoms with van der Waals surface area (Å²) in [6.45, 7) is 0.210. The highest BCUT2D eigenvalue weighted by Gasteiger charge is 2.53. The van der Waals surface area contributed by atoms with Crippen LogP contribution in [0, 0.1) is 0 Å². The highest BCUT2D eigenvalue weighted by Crippen LogP contribution is 2.34. The molecule has 1 atom stereocenters. The first-order valence-electron chi connectivity index (χ1n) is 2.97. The Kier molecular flexibility index (Phi) is 3.54. The van der Waals surface area contributed by atoms with Gasteiger partial charge in [-0.2, -0.15) is 17.6 Å². The van der Waals surface area contributed by atoms with E-state index in [-0.39, 0.29) is 6.92 Å². The van der Waals surface area contributed by atoms with Crippen LogP contribution in [-0.4, -0.2) is 24.8 Å². The second-order valence-corrected chi connectivity index (χ2v) is 2.14. The quantitative estimate of drug-likeness (QED) is 0.654. The molecular weight excluding hydrogens is 209 g/mol. The molecule has 0 saturated heterocycles. The molecule has 0 spiro atoms. The second-order valence-electron chi connectivity index (χ2n) is 2.14. The van der Waals surface area contributed by atoms with Crippen LogP contribution in [0.15, 0.2) is 0 Å². The first kappa shape index (κ1) is 12.5. The van der Waals surface area contributed by atoms with E-state index in [9.17, 15) is 30.7 Å². The van der Waals surface area contributed by atoms with Crippen LogP contribution in [0.2, 0.25) is 0 Å². The summed E-state index contributed by atoms with van der Waals surface area (Å²) in [7, 11) is 0. The number of rotatable bonds is 4. The molecule has 0 aliphatic rings. The zero-order valence-corrected chi connectivity index (χ0v) is 6.21. The van der Waals surface area contributed by atoms with E-state index in [4.69, 9.17) is 0 Å². The van der Waals surface area contributed by atoms with E-state index in [1.807, 2.05) is 0 Å². The van der Waals surface area contributed by atoms with Gasteiger partial charge >= 0.3 is 18.6 Å². The third kappa shape index (κ3) is 3.37. The van der Waals surface area contributed by atoms with Crippen molar-refractivity contribution in [3.63, 3.8) is 0 Å². The minimum atomic E-state index is -5.36. The van der Waals surface area contributed by atoms with Gasteiger partial charge in [-0.3, -0.25) is 0 Å². The summed E-state index contributed by atoms with van der Waals surface area (Å²) in [6.07, 6.45) is -17.8. The van der Waals surface area contributed by atoms with Crippen LogP contribution in [0.4, 0.5) is 30.7 Å². The second kappa shape index (κ2) is 3.69. The molecular formula is C5H5F7O. The van der Waals surface area contributed by atoms with Crippen molar-refractivity contribution >= 4 is 0 Å². The summed E-state index contributed by atoms with van der Waals surface area (Å²) >= 11 is 0. The molecule has 80 valence electrons. The summed E-state index contributed by atoms with van der Waals surface area (Å²) in [6, 6.07) is 0. The topological polar surface area (TPSA) is 9.23 Å². The molecule has 0 amide bonds. The Labute approximate surface area is 68.5 Å². The molecule has 1 nitrogen and oxygen atoms in total. The lowest BCUT2D eigenvalue weighted by Gasteiger charge is -2.23. The molecule has 8 heteroatoms. The van der Waals surface area contributed by atoms with Crippen LogP contribution in [0.5, 0.6) is 0 Å². The van der Waals surface area contributed by atoms with E-state index in [2.05, 4.69) is 4.74 Å². The molecule has 0 aliphatic heterocycles. The lowest BCUT2D eigenvalue weighted by Crippen LogP contribution is -2.42. The minimum absolute atomic E-state index is 0.210. The largest absolute Gasteiger partial charge is 0.421 e. The Morgan fingerprint density at radius 1 is 0.923 bits per heavy atom. The van der Waals surface area contributed by atoms with Gasteiger partial charge in [0.1, 0.15) is 0 Å². The number of alkyl halides is 7. The smallest absolute Gasteiger partial charge is 0.248 e. The monoisotopic (exact) mass is 214 g/mol. The molecule has 0 rings (SSSR count). The number of ether oxygens (including phenoxy) is 1. The molecule has 0 saturated carbocycles. The minimum Gasteiger partial charge on any atom is -0.248 e. The summed E-state index contributed by atoms with van der Waals surface area (Å²) in [5.41, 5.74) is 0. The lowest BCUT2D eigenvalue weighted by atomic mass is 10.4. The normalized spacial score (nSPS) is 16.4. The predicted octanol–water partition coefficient (Wildman–Crippen LogP) is 2.81. The van der Waals surface area contributed by atoms with Gasteiger partial charge in [0.05, 0.1) is 0 Å². The van der Waals surface area contributed by atoms with E-state index in [0.29, 0.717) is 0 Å². The fourth-order valence-electron chi connectivity index (χ4n) is 0.307. The maximum atomic E-state index is 12.0. The van der Waals surface area contributed by atoms with Gasteiger partial charge in [-0.1, -0.05) is 0 Å². The molecule has 0 aliphatic carbocycles. The van der Waals surface area contributed by atoms with Crippen LogP contribution >= 0.6 is 0 Å². The van der Waals surface area contributed by atoms with Crippen molar-refractivity contribution in [2.24, 2.45) is 0 Å². The first-order chi connectivity index (χ1) is 5.59. The average molecular weight is 214 g/mol. The standard InChI is InChI=1S/C5H5F7O/c1-2(6)4(9,10)13-5(11,12)3(7)8/h2-3H,1H3. The van der Waals surface area contributed by atoms with Gasteiger partial charge in [-0.25, -0.2) is 17.9 Å². The third-order valence-corrected chi connectivity index (χ3v) is 0.989. The highest BCUT2D eigenvalue weighted by atomic mass is 19.3. The summed E-state index contributed by atoms with van der Waals surface area (Å²) in [5.74, 6) is 0. The van der Waals surface area contributed by atoms with Gasteiger partial charge in [0.25, 0.3) is 0 Å². The van der Waals surface area contributed by atoms with Crippen molar-refractivity contribution in [2.75, 3.05) is 0 Å². The molecule has 0 aromatic rings. The number of hydrogen-bond donors (Lipinski definition) is 0. The Balaban J connectivity index is 4.42. The molecule has 0 aromatic carbocycles. The summed E-state index contributed by atoms with van der Waals surface area (Å²) in [5, 5.41) is 0. The van der Waals surface area contributed by atoms with Crippen LogP contribution in [0.1, 0.15) is 6.92 Å². The number of hydrogen-bond acceptors (Lipinski definition) is 1. The van der Waals surface area contributed by atoms with Crippen molar-refractivity contribution in [1.82, 2.24) is 0 Å². The molecule has 0 N–H and O–H groups in total. The highest BCUT2D eigenvalue weighted by molar-refractivity contribution is 4.66. The van der Waals surface area contributed by atoms with Crippen molar-refractivity contribution < 1.29 is 35.5 Å². The fraction of sp³-hybridized carbons (Fsp3) is 1.00. The lowest BCUT2D eigenvalue weighted by molar-refractivity contribution is -0.416. The van der Waals surface area contributed by atoms with E-state index in [0.717, 1.165) is 0 Å². The van der Waals surface area contributed by atoms with E-state index in [1.165, 1.54) is 0 Å². The van der Waals surface area contributed by atoms with Crippen molar-refractivity contribution in [2.45, 2.75) is 31.7 Å². The SMILES string of the molecule is CC(F)C(F)(F)OC(F)(F)C(F)F. The first-order valence-corrected chi connectivity index (χ1v) is 2.97. The van der Waals surface area contributed by atoms with Gasteiger partial charge in [0.2, 0.25) is 0 Å². The molecule has 13 heavy (non-hydrogen) atoms. The van der Waals surface area contributed by atoms with Gasteiger partial charge < -0.3 is 0 Å². The summed E-state index contributed by atoms with van der Waals surface area (Å²) < 4.78 is 84.3.